The van der Waals surface area contributed by atoms with Crippen LogP contribution in [0.3, 0.4) is 0 Å². The minimum Gasteiger partial charge on any atom is -0.466 e. The van der Waals surface area contributed by atoms with E-state index in [0.29, 0.717) is 12.4 Å². The number of amides is 1. The van der Waals surface area contributed by atoms with Crippen molar-refractivity contribution in [1.82, 2.24) is 4.98 Å². The predicted octanol–water partition coefficient (Wildman–Crippen LogP) is 4.72. The Morgan fingerprint density at radius 1 is 1.00 bits per heavy atom. The molecule has 136 valence electrons. The van der Waals surface area contributed by atoms with Gasteiger partial charge in [-0.05, 0) is 30.5 Å². The molecule has 0 bridgehead atoms. The molecule has 0 fully saturated rings. The zero-order chi connectivity index (χ0) is 18.8. The molecule has 27 heavy (non-hydrogen) atoms. The van der Waals surface area contributed by atoms with Crippen LogP contribution in [0.15, 0.2) is 60.7 Å². The number of carbonyl (C=O) groups is 1. The van der Waals surface area contributed by atoms with E-state index < -0.39 is 0 Å². The van der Waals surface area contributed by atoms with Crippen molar-refractivity contribution < 1.29 is 9.53 Å². The van der Waals surface area contributed by atoms with Crippen molar-refractivity contribution in [1.29, 1.82) is 0 Å². The molecule has 0 radical (unpaired) electrons. The van der Waals surface area contributed by atoms with Crippen molar-refractivity contribution in [3.63, 3.8) is 0 Å². The third-order valence-corrected chi connectivity index (χ3v) is 4.93. The van der Waals surface area contributed by atoms with Crippen LogP contribution in [0.5, 0.6) is 5.88 Å². The van der Waals surface area contributed by atoms with Crippen molar-refractivity contribution in [2.45, 2.75) is 20.3 Å². The van der Waals surface area contributed by atoms with Gasteiger partial charge in [-0.3, -0.25) is 4.79 Å². The molecule has 2 aromatic carbocycles. The Hall–Kier alpha value is -3.14. The fourth-order valence-electron chi connectivity index (χ4n) is 3.43. The van der Waals surface area contributed by atoms with Crippen molar-refractivity contribution in [2.24, 2.45) is 0 Å². The number of aryl methyl sites for hydroxylation is 1. The monoisotopic (exact) mass is 358 g/mol. The largest absolute Gasteiger partial charge is 0.466 e. The quantitative estimate of drug-likeness (QED) is 0.677. The summed E-state index contributed by atoms with van der Waals surface area (Å²) in [6.45, 7) is 4.74. The molecule has 0 saturated heterocycles. The Morgan fingerprint density at radius 3 is 2.41 bits per heavy atom. The van der Waals surface area contributed by atoms with Crippen LogP contribution in [0.25, 0.3) is 22.4 Å². The van der Waals surface area contributed by atoms with Gasteiger partial charge in [0.1, 0.15) is 5.69 Å². The van der Waals surface area contributed by atoms with Crippen LogP contribution in [0.1, 0.15) is 19.4 Å². The molecule has 1 aliphatic rings. The Labute approximate surface area is 159 Å². The van der Waals surface area contributed by atoms with E-state index in [1.807, 2.05) is 31.2 Å². The molecule has 0 unspecified atom stereocenters. The molecule has 1 aliphatic heterocycles. The van der Waals surface area contributed by atoms with Gasteiger partial charge in [0, 0.05) is 17.7 Å². The molecule has 2 heterocycles. The van der Waals surface area contributed by atoms with Crippen LogP contribution in [0, 0.1) is 0 Å². The van der Waals surface area contributed by atoms with Gasteiger partial charge in [-0.25, -0.2) is 4.98 Å². The lowest BCUT2D eigenvalue weighted by Gasteiger charge is -2.28. The summed E-state index contributed by atoms with van der Waals surface area (Å²) in [6.07, 6.45) is 1.00. The zero-order valence-corrected chi connectivity index (χ0v) is 15.6. The number of pyridine rings is 1. The van der Waals surface area contributed by atoms with E-state index in [-0.39, 0.29) is 12.5 Å². The smallest absolute Gasteiger partial charge is 0.265 e. The lowest BCUT2D eigenvalue weighted by molar-refractivity contribution is -0.121. The predicted molar refractivity (Wildman–Crippen MR) is 108 cm³/mol. The number of hydrogen-bond donors (Lipinski definition) is 0. The Kier molecular flexibility index (Phi) is 4.63. The highest BCUT2D eigenvalue weighted by Gasteiger charge is 2.27. The minimum atomic E-state index is -0.0362. The number of likely N-dealkylation sites (N-methyl/N-ethyl adjacent to an activating group) is 1. The maximum atomic E-state index is 12.2. The summed E-state index contributed by atoms with van der Waals surface area (Å²) in [7, 11) is 0. The SMILES string of the molecule is CCc1ccc(-c2nc3c(cc2-c2ccccc2)N(CC)C(=O)CO3)cc1. The lowest BCUT2D eigenvalue weighted by Crippen LogP contribution is -2.39. The second-order valence-electron chi connectivity index (χ2n) is 6.55. The maximum Gasteiger partial charge on any atom is 0.265 e. The molecule has 1 aromatic heterocycles. The number of aromatic nitrogens is 1. The minimum absolute atomic E-state index is 0.0345. The molecule has 4 heteroatoms. The Bertz CT molecular complexity index is 966. The number of fused-ring (bicyclic) bond motifs is 1. The first kappa shape index (κ1) is 17.3. The first-order valence-corrected chi connectivity index (χ1v) is 9.34. The summed E-state index contributed by atoms with van der Waals surface area (Å²) in [6, 6.07) is 20.6. The van der Waals surface area contributed by atoms with E-state index in [9.17, 15) is 4.79 Å². The molecule has 4 nitrogen and oxygen atoms in total. The van der Waals surface area contributed by atoms with Gasteiger partial charge in [0.25, 0.3) is 5.91 Å². The third-order valence-electron chi connectivity index (χ3n) is 4.93. The van der Waals surface area contributed by atoms with Crippen LogP contribution in [-0.4, -0.2) is 24.0 Å². The van der Waals surface area contributed by atoms with Crippen molar-refractivity contribution in [2.75, 3.05) is 18.1 Å². The summed E-state index contributed by atoms with van der Waals surface area (Å²) in [5, 5.41) is 0. The Morgan fingerprint density at radius 2 is 1.74 bits per heavy atom. The van der Waals surface area contributed by atoms with E-state index in [1.165, 1.54) is 5.56 Å². The lowest BCUT2D eigenvalue weighted by atomic mass is 9.97. The number of ether oxygens (including phenoxy) is 1. The normalized spacial score (nSPS) is 13.3. The Balaban J connectivity index is 1.93. The first-order valence-electron chi connectivity index (χ1n) is 9.34. The molecule has 0 saturated carbocycles. The van der Waals surface area contributed by atoms with Crippen LogP contribution >= 0.6 is 0 Å². The van der Waals surface area contributed by atoms with Crippen LogP contribution in [0.4, 0.5) is 5.69 Å². The van der Waals surface area contributed by atoms with E-state index >= 15 is 0 Å². The summed E-state index contributed by atoms with van der Waals surface area (Å²) < 4.78 is 5.66. The molecular formula is C23H22N2O2. The van der Waals surface area contributed by atoms with Crippen LogP contribution in [0.2, 0.25) is 0 Å². The van der Waals surface area contributed by atoms with Gasteiger partial charge in [0.05, 0.1) is 5.69 Å². The van der Waals surface area contributed by atoms with E-state index in [4.69, 9.17) is 9.72 Å². The highest BCUT2D eigenvalue weighted by molar-refractivity contribution is 5.99. The molecule has 4 rings (SSSR count). The second kappa shape index (κ2) is 7.23. The van der Waals surface area contributed by atoms with Gasteiger partial charge in [0.2, 0.25) is 5.88 Å². The zero-order valence-electron chi connectivity index (χ0n) is 15.6. The third kappa shape index (κ3) is 3.19. The number of nitrogens with zero attached hydrogens (tertiary/aromatic N) is 2. The molecule has 0 aliphatic carbocycles. The van der Waals surface area contributed by atoms with Crippen molar-refractivity contribution in [3.05, 3.63) is 66.2 Å². The number of anilines is 1. The van der Waals surface area contributed by atoms with Gasteiger partial charge in [-0.15, -0.1) is 0 Å². The summed E-state index contributed by atoms with van der Waals surface area (Å²) in [5.41, 5.74) is 6.00. The summed E-state index contributed by atoms with van der Waals surface area (Å²) in [4.78, 5) is 18.8. The van der Waals surface area contributed by atoms with Crippen molar-refractivity contribution in [3.8, 4) is 28.3 Å². The fraction of sp³-hybridized carbons (Fsp3) is 0.217. The highest BCUT2D eigenvalue weighted by Crippen LogP contribution is 2.40. The van der Waals surface area contributed by atoms with E-state index in [2.05, 4.69) is 43.3 Å². The average molecular weight is 358 g/mol. The molecule has 1 amide bonds. The van der Waals surface area contributed by atoms with E-state index in [1.54, 1.807) is 4.90 Å². The first-order chi connectivity index (χ1) is 13.2. The van der Waals surface area contributed by atoms with Gasteiger partial charge in [-0.2, -0.15) is 0 Å². The highest BCUT2D eigenvalue weighted by atomic mass is 16.5. The van der Waals surface area contributed by atoms with E-state index in [0.717, 1.165) is 34.5 Å². The fourth-order valence-corrected chi connectivity index (χ4v) is 3.43. The van der Waals surface area contributed by atoms with Gasteiger partial charge in [-0.1, -0.05) is 61.5 Å². The maximum absolute atomic E-state index is 12.2. The molecular weight excluding hydrogens is 336 g/mol. The van der Waals surface area contributed by atoms with Gasteiger partial charge < -0.3 is 9.64 Å². The molecule has 0 atom stereocenters. The number of rotatable bonds is 4. The average Bonchev–Trinajstić information content (AvgIpc) is 2.73. The number of benzene rings is 2. The number of hydrogen-bond acceptors (Lipinski definition) is 3. The van der Waals surface area contributed by atoms with Gasteiger partial charge in [0.15, 0.2) is 6.61 Å². The van der Waals surface area contributed by atoms with Crippen LogP contribution in [-0.2, 0) is 11.2 Å². The second-order valence-corrected chi connectivity index (χ2v) is 6.55. The standard InChI is InChI=1S/C23H22N2O2/c1-3-16-10-12-18(13-11-16)22-19(17-8-6-5-7-9-17)14-20-23(24-22)27-15-21(26)25(20)4-2/h5-14H,3-4,15H2,1-2H3. The number of carbonyl (C=O) groups excluding carboxylic acids is 1. The molecule has 0 spiro atoms. The summed E-state index contributed by atoms with van der Waals surface area (Å²) in [5.74, 6) is 0.483. The van der Waals surface area contributed by atoms with Crippen molar-refractivity contribution >= 4 is 11.6 Å². The molecule has 3 aromatic rings. The van der Waals surface area contributed by atoms with Gasteiger partial charge >= 0.3 is 0 Å². The topological polar surface area (TPSA) is 42.4 Å². The molecule has 0 N–H and O–H groups in total. The summed E-state index contributed by atoms with van der Waals surface area (Å²) >= 11 is 0. The van der Waals surface area contributed by atoms with Crippen LogP contribution < -0.4 is 9.64 Å².